The first kappa shape index (κ1) is 26.4. The lowest BCUT2D eigenvalue weighted by Crippen LogP contribution is -1.86. The highest BCUT2D eigenvalue weighted by atomic mass is 14.1. The Morgan fingerprint density at radius 1 is 0.410 bits per heavy atom. The van der Waals surface area contributed by atoms with Gasteiger partial charge in [-0.3, -0.25) is 0 Å². The zero-order valence-electron chi connectivity index (χ0n) is 23.2. The van der Waals surface area contributed by atoms with Crippen LogP contribution in [0.2, 0.25) is 0 Å². The van der Waals surface area contributed by atoms with Crippen LogP contribution in [0.5, 0.6) is 0 Å². The van der Waals surface area contributed by atoms with E-state index in [-0.39, 0.29) is 0 Å². The van der Waals surface area contributed by atoms with Crippen LogP contribution in [-0.4, -0.2) is 0 Å². The molecule has 0 fully saturated rings. The lowest BCUT2D eigenvalue weighted by atomic mass is 9.98. The van der Waals surface area contributed by atoms with Crippen molar-refractivity contribution in [3.63, 3.8) is 0 Å². The molecule has 0 amide bonds. The molecule has 0 aliphatic carbocycles. The first-order valence-corrected chi connectivity index (χ1v) is 14.4. The van der Waals surface area contributed by atoms with Crippen molar-refractivity contribution in [3.8, 4) is 23.7 Å². The average molecular weight is 505 g/mol. The average Bonchev–Trinajstić information content (AvgIpc) is 2.99. The molecule has 0 nitrogen and oxygen atoms in total. The minimum absolute atomic E-state index is 1.04. The highest BCUT2D eigenvalue weighted by Crippen LogP contribution is 2.27. The van der Waals surface area contributed by atoms with Gasteiger partial charge in [-0.2, -0.15) is 0 Å². The summed E-state index contributed by atoms with van der Waals surface area (Å²) in [6.07, 6.45) is 8.57. The number of benzene rings is 5. The second kappa shape index (κ2) is 13.0. The summed E-state index contributed by atoms with van der Waals surface area (Å²) in [6.45, 7) is 4.48. The normalized spacial score (nSPS) is 10.6. The van der Waals surface area contributed by atoms with Gasteiger partial charge in [0.05, 0.1) is 0 Å². The Kier molecular flexibility index (Phi) is 8.79. The number of rotatable bonds is 7. The van der Waals surface area contributed by atoms with Crippen LogP contribution in [0.15, 0.2) is 97.1 Å². The van der Waals surface area contributed by atoms with Gasteiger partial charge in [0.25, 0.3) is 0 Å². The van der Waals surface area contributed by atoms with E-state index in [9.17, 15) is 0 Å². The number of hydrogen-bond donors (Lipinski definition) is 0. The van der Waals surface area contributed by atoms with Gasteiger partial charge < -0.3 is 0 Å². The van der Waals surface area contributed by atoms with Gasteiger partial charge in [-0.15, -0.1) is 0 Å². The van der Waals surface area contributed by atoms with Gasteiger partial charge in [-0.25, -0.2) is 0 Å². The molecular weight excluding hydrogens is 468 g/mol. The summed E-state index contributed by atoms with van der Waals surface area (Å²) >= 11 is 0. The first-order valence-electron chi connectivity index (χ1n) is 14.4. The fraction of sp³-hybridized carbons (Fsp3) is 0.231. The third-order valence-corrected chi connectivity index (χ3v) is 7.33. The van der Waals surface area contributed by atoms with Gasteiger partial charge in [-0.05, 0) is 107 Å². The standard InChI is InChI=1S/C39H36/c1-3-5-7-9-31-12-16-33(17-13-31)19-21-35-23-27-39-37(29-35)25-24-36-28-34(22-26-38(36)39)20-18-32-14-10-30(11-15-32)8-6-4-2/h10-17,22-29H,3-9H2,1-2H3. The molecule has 0 spiro atoms. The van der Waals surface area contributed by atoms with E-state index in [4.69, 9.17) is 0 Å². The molecule has 0 aromatic heterocycles. The Hall–Kier alpha value is -4.26. The fourth-order valence-electron chi connectivity index (χ4n) is 4.99. The molecule has 0 unspecified atom stereocenters. The summed E-state index contributed by atoms with van der Waals surface area (Å²) < 4.78 is 0. The first-order chi connectivity index (χ1) is 19.2. The quantitative estimate of drug-likeness (QED) is 0.117. The summed E-state index contributed by atoms with van der Waals surface area (Å²) in [7, 11) is 0. The van der Waals surface area contributed by atoms with E-state index in [1.54, 1.807) is 0 Å². The van der Waals surface area contributed by atoms with Crippen LogP contribution in [0.4, 0.5) is 0 Å². The summed E-state index contributed by atoms with van der Waals surface area (Å²) in [5, 5.41) is 4.91. The Labute approximate surface area is 234 Å². The Morgan fingerprint density at radius 2 is 0.821 bits per heavy atom. The molecular formula is C39H36. The maximum atomic E-state index is 3.36. The van der Waals surface area contributed by atoms with Crippen molar-refractivity contribution in [1.82, 2.24) is 0 Å². The third-order valence-electron chi connectivity index (χ3n) is 7.33. The van der Waals surface area contributed by atoms with Crippen LogP contribution in [0.25, 0.3) is 21.5 Å². The molecule has 0 radical (unpaired) electrons. The molecule has 192 valence electrons. The summed E-state index contributed by atoms with van der Waals surface area (Å²) in [4.78, 5) is 0. The van der Waals surface area contributed by atoms with E-state index in [1.807, 2.05) is 0 Å². The maximum absolute atomic E-state index is 3.36. The van der Waals surface area contributed by atoms with Crippen molar-refractivity contribution in [2.24, 2.45) is 0 Å². The highest BCUT2D eigenvalue weighted by molar-refractivity contribution is 6.08. The van der Waals surface area contributed by atoms with Crippen LogP contribution in [0.1, 0.15) is 79.3 Å². The van der Waals surface area contributed by atoms with Crippen LogP contribution >= 0.6 is 0 Å². The number of fused-ring (bicyclic) bond motifs is 3. The molecule has 0 atom stereocenters. The van der Waals surface area contributed by atoms with Crippen LogP contribution in [0, 0.1) is 23.7 Å². The van der Waals surface area contributed by atoms with E-state index in [2.05, 4.69) is 135 Å². The van der Waals surface area contributed by atoms with Crippen molar-refractivity contribution in [3.05, 3.63) is 130 Å². The molecule has 5 rings (SSSR count). The predicted molar refractivity (Wildman–Crippen MR) is 168 cm³/mol. The van der Waals surface area contributed by atoms with E-state index in [0.717, 1.165) is 35.1 Å². The summed E-state index contributed by atoms with van der Waals surface area (Å²) in [5.74, 6) is 13.4. The van der Waals surface area contributed by atoms with Gasteiger partial charge in [0.2, 0.25) is 0 Å². The Morgan fingerprint density at radius 3 is 1.28 bits per heavy atom. The zero-order chi connectivity index (χ0) is 26.9. The minimum Gasteiger partial charge on any atom is -0.0654 e. The molecule has 39 heavy (non-hydrogen) atoms. The zero-order valence-corrected chi connectivity index (χ0v) is 23.2. The predicted octanol–water partition coefficient (Wildman–Crippen LogP) is 9.87. The molecule has 0 aliphatic rings. The Balaban J connectivity index is 1.31. The molecule has 5 aromatic carbocycles. The fourth-order valence-corrected chi connectivity index (χ4v) is 4.99. The molecule has 0 heteroatoms. The van der Waals surface area contributed by atoms with Crippen LogP contribution < -0.4 is 0 Å². The monoisotopic (exact) mass is 504 g/mol. The Bertz CT molecular complexity index is 1680. The number of hydrogen-bond acceptors (Lipinski definition) is 0. The summed E-state index contributed by atoms with van der Waals surface area (Å²) in [6, 6.07) is 34.8. The van der Waals surface area contributed by atoms with E-state index < -0.39 is 0 Å². The molecule has 0 aliphatic heterocycles. The van der Waals surface area contributed by atoms with E-state index >= 15 is 0 Å². The van der Waals surface area contributed by atoms with E-state index in [0.29, 0.717) is 0 Å². The van der Waals surface area contributed by atoms with Crippen LogP contribution in [-0.2, 0) is 12.8 Å². The lowest BCUT2D eigenvalue weighted by molar-refractivity contribution is 0.717. The van der Waals surface area contributed by atoms with Gasteiger partial charge in [0, 0.05) is 22.3 Å². The smallest absolute Gasteiger partial charge is 0.0255 e. The molecule has 5 aromatic rings. The summed E-state index contributed by atoms with van der Waals surface area (Å²) in [5.41, 5.74) is 6.99. The van der Waals surface area contributed by atoms with Crippen molar-refractivity contribution >= 4 is 21.5 Å². The van der Waals surface area contributed by atoms with Crippen molar-refractivity contribution in [2.75, 3.05) is 0 Å². The molecule has 0 N–H and O–H groups in total. The van der Waals surface area contributed by atoms with Crippen LogP contribution in [0.3, 0.4) is 0 Å². The van der Waals surface area contributed by atoms with Gasteiger partial charge >= 0.3 is 0 Å². The SMILES string of the molecule is CCCCCc1ccc(C#Cc2ccc3c(ccc4cc(C#Cc5ccc(CCCC)cc5)ccc43)c2)cc1. The second-order valence-electron chi connectivity index (χ2n) is 10.4. The van der Waals surface area contributed by atoms with Crippen molar-refractivity contribution in [2.45, 2.75) is 58.8 Å². The largest absolute Gasteiger partial charge is 0.0654 e. The number of aryl methyl sites for hydroxylation is 2. The van der Waals surface area contributed by atoms with Crippen molar-refractivity contribution in [1.29, 1.82) is 0 Å². The molecule has 0 saturated carbocycles. The number of unbranched alkanes of at least 4 members (excludes halogenated alkanes) is 3. The minimum atomic E-state index is 1.04. The van der Waals surface area contributed by atoms with E-state index in [1.165, 1.54) is 64.8 Å². The molecule has 0 saturated heterocycles. The van der Waals surface area contributed by atoms with Crippen molar-refractivity contribution < 1.29 is 0 Å². The van der Waals surface area contributed by atoms with Gasteiger partial charge in [0.1, 0.15) is 0 Å². The third kappa shape index (κ3) is 6.99. The second-order valence-corrected chi connectivity index (χ2v) is 10.4. The van der Waals surface area contributed by atoms with Gasteiger partial charge in [-0.1, -0.05) is 105 Å². The van der Waals surface area contributed by atoms with Gasteiger partial charge in [0.15, 0.2) is 0 Å². The molecule has 0 heterocycles. The molecule has 0 bridgehead atoms. The lowest BCUT2D eigenvalue weighted by Gasteiger charge is -2.05. The maximum Gasteiger partial charge on any atom is 0.0255 e. The topological polar surface area (TPSA) is 0 Å². The highest BCUT2D eigenvalue weighted by Gasteiger charge is 2.03.